The Balaban J connectivity index is 1.42. The minimum Gasteiger partial charge on any atom is -0.465 e. The van der Waals surface area contributed by atoms with Gasteiger partial charge >= 0.3 is 12.1 Å². The van der Waals surface area contributed by atoms with Crippen LogP contribution in [0.4, 0.5) is 10.5 Å². The molecule has 4 N–H and O–H groups in total. The summed E-state index contributed by atoms with van der Waals surface area (Å²) in [6, 6.07) is 23.0. The molecule has 2 amide bonds. The average Bonchev–Trinajstić information content (AvgIpc) is 2.90. The van der Waals surface area contributed by atoms with E-state index in [4.69, 9.17) is 15.2 Å². The Morgan fingerprint density at radius 3 is 2.37 bits per heavy atom. The largest absolute Gasteiger partial charge is 0.465 e. The van der Waals surface area contributed by atoms with Gasteiger partial charge in [0.15, 0.2) is 0 Å². The first-order chi connectivity index (χ1) is 17.0. The van der Waals surface area contributed by atoms with E-state index >= 15 is 0 Å². The number of ether oxygens (including phenoxy) is 2. The van der Waals surface area contributed by atoms with E-state index in [1.165, 1.54) is 7.11 Å². The van der Waals surface area contributed by atoms with Gasteiger partial charge in [0.2, 0.25) is 5.91 Å². The van der Waals surface area contributed by atoms with Gasteiger partial charge in [0.1, 0.15) is 6.61 Å². The lowest BCUT2D eigenvalue weighted by atomic mass is 10.0. The van der Waals surface area contributed by atoms with E-state index in [0.29, 0.717) is 30.6 Å². The molecule has 1 atom stereocenters. The normalized spacial score (nSPS) is 11.3. The van der Waals surface area contributed by atoms with Crippen molar-refractivity contribution < 1.29 is 23.9 Å². The van der Waals surface area contributed by atoms with Crippen LogP contribution in [0.25, 0.3) is 11.1 Å². The van der Waals surface area contributed by atoms with Gasteiger partial charge in [-0.05, 0) is 53.8 Å². The monoisotopic (exact) mass is 475 g/mol. The Morgan fingerprint density at radius 2 is 1.66 bits per heavy atom. The van der Waals surface area contributed by atoms with Crippen LogP contribution in [0.3, 0.4) is 0 Å². The minimum atomic E-state index is -0.722. The number of alkyl carbamates (subject to hydrolysis) is 1. The van der Waals surface area contributed by atoms with Crippen LogP contribution in [-0.4, -0.2) is 37.7 Å². The van der Waals surface area contributed by atoms with Crippen molar-refractivity contribution in [3.63, 3.8) is 0 Å². The van der Waals surface area contributed by atoms with Gasteiger partial charge in [0.25, 0.3) is 0 Å². The van der Waals surface area contributed by atoms with Crippen molar-refractivity contribution in [1.82, 2.24) is 5.32 Å². The zero-order chi connectivity index (χ0) is 25.0. The molecule has 0 radical (unpaired) electrons. The Morgan fingerprint density at radius 1 is 0.914 bits per heavy atom. The van der Waals surface area contributed by atoms with Crippen molar-refractivity contribution in [1.29, 1.82) is 0 Å². The fourth-order valence-corrected chi connectivity index (χ4v) is 3.35. The molecule has 3 rings (SSSR count). The first-order valence-electron chi connectivity index (χ1n) is 11.3. The molecule has 0 aromatic heterocycles. The number of amides is 2. The zero-order valence-electron chi connectivity index (χ0n) is 19.5. The highest BCUT2D eigenvalue weighted by Crippen LogP contribution is 2.23. The lowest BCUT2D eigenvalue weighted by Crippen LogP contribution is -2.36. The number of carbonyl (C=O) groups is 3. The summed E-state index contributed by atoms with van der Waals surface area (Å²) in [7, 11) is 1.34. The van der Waals surface area contributed by atoms with Crippen LogP contribution in [0.15, 0.2) is 78.9 Å². The Labute approximate surface area is 204 Å². The minimum absolute atomic E-state index is 0.198. The summed E-state index contributed by atoms with van der Waals surface area (Å²) in [5.74, 6) is -0.708. The molecule has 35 heavy (non-hydrogen) atoms. The van der Waals surface area contributed by atoms with Crippen LogP contribution in [0.5, 0.6) is 0 Å². The number of benzene rings is 3. The maximum absolute atomic E-state index is 12.5. The third-order valence-corrected chi connectivity index (χ3v) is 5.28. The molecule has 0 unspecified atom stereocenters. The van der Waals surface area contributed by atoms with Gasteiger partial charge in [0, 0.05) is 12.2 Å². The first-order valence-corrected chi connectivity index (χ1v) is 11.3. The van der Waals surface area contributed by atoms with E-state index in [0.717, 1.165) is 16.7 Å². The zero-order valence-corrected chi connectivity index (χ0v) is 19.5. The SMILES string of the molecule is COC(=O)c1ccc(-c2cccc(NC(=O)[C@@H](N)CCCNC(=O)OCc3ccccc3)c2)cc1. The van der Waals surface area contributed by atoms with Gasteiger partial charge in [-0.2, -0.15) is 0 Å². The molecule has 0 heterocycles. The number of methoxy groups -OCH3 is 1. The summed E-state index contributed by atoms with van der Waals surface area (Å²) in [6.45, 7) is 0.550. The lowest BCUT2D eigenvalue weighted by molar-refractivity contribution is -0.117. The molecule has 0 saturated heterocycles. The van der Waals surface area contributed by atoms with Gasteiger partial charge < -0.3 is 25.8 Å². The molecule has 0 aliphatic carbocycles. The second kappa shape index (κ2) is 12.9. The molecule has 182 valence electrons. The summed E-state index contributed by atoms with van der Waals surface area (Å²) < 4.78 is 9.87. The molecule has 8 heteroatoms. The molecule has 0 fully saturated rings. The second-order valence-electron chi connectivity index (χ2n) is 7.88. The number of anilines is 1. The highest BCUT2D eigenvalue weighted by atomic mass is 16.5. The van der Waals surface area contributed by atoms with Crippen molar-refractivity contribution in [2.75, 3.05) is 19.0 Å². The molecule has 3 aromatic carbocycles. The number of hydrogen-bond donors (Lipinski definition) is 3. The summed E-state index contributed by atoms with van der Waals surface area (Å²) in [5.41, 5.74) is 9.78. The third-order valence-electron chi connectivity index (χ3n) is 5.28. The van der Waals surface area contributed by atoms with Crippen LogP contribution in [-0.2, 0) is 20.9 Å². The van der Waals surface area contributed by atoms with Crippen molar-refractivity contribution in [2.45, 2.75) is 25.5 Å². The summed E-state index contributed by atoms with van der Waals surface area (Å²) in [6.07, 6.45) is 0.421. The van der Waals surface area contributed by atoms with Crippen LogP contribution in [0, 0.1) is 0 Å². The van der Waals surface area contributed by atoms with E-state index in [1.54, 1.807) is 18.2 Å². The predicted molar refractivity (Wildman–Crippen MR) is 134 cm³/mol. The number of hydrogen-bond acceptors (Lipinski definition) is 6. The number of esters is 1. The molecule has 0 spiro atoms. The van der Waals surface area contributed by atoms with Crippen LogP contribution < -0.4 is 16.4 Å². The number of carbonyl (C=O) groups excluding carboxylic acids is 3. The van der Waals surface area contributed by atoms with E-state index in [2.05, 4.69) is 10.6 Å². The van der Waals surface area contributed by atoms with Gasteiger partial charge in [-0.15, -0.1) is 0 Å². The summed E-state index contributed by atoms with van der Waals surface area (Å²) in [5, 5.41) is 5.49. The highest BCUT2D eigenvalue weighted by Gasteiger charge is 2.14. The molecular formula is C27H29N3O5. The Bertz CT molecular complexity index is 1130. The highest BCUT2D eigenvalue weighted by molar-refractivity contribution is 5.95. The maximum Gasteiger partial charge on any atom is 0.407 e. The van der Waals surface area contributed by atoms with E-state index in [9.17, 15) is 14.4 Å². The van der Waals surface area contributed by atoms with E-state index in [-0.39, 0.29) is 12.5 Å². The maximum atomic E-state index is 12.5. The van der Waals surface area contributed by atoms with E-state index in [1.807, 2.05) is 60.7 Å². The number of rotatable bonds is 10. The Hall–Kier alpha value is -4.17. The topological polar surface area (TPSA) is 120 Å². The summed E-state index contributed by atoms with van der Waals surface area (Å²) in [4.78, 5) is 35.9. The van der Waals surface area contributed by atoms with E-state index < -0.39 is 18.1 Å². The molecular weight excluding hydrogens is 446 g/mol. The fraction of sp³-hybridized carbons (Fsp3) is 0.222. The van der Waals surface area contributed by atoms with Gasteiger partial charge in [-0.1, -0.05) is 54.6 Å². The summed E-state index contributed by atoms with van der Waals surface area (Å²) >= 11 is 0. The van der Waals surface area contributed by atoms with Crippen molar-refractivity contribution in [2.24, 2.45) is 5.73 Å². The van der Waals surface area contributed by atoms with Crippen molar-refractivity contribution in [3.8, 4) is 11.1 Å². The quantitative estimate of drug-likeness (QED) is 0.300. The molecule has 0 aliphatic rings. The fourth-order valence-electron chi connectivity index (χ4n) is 3.35. The predicted octanol–water partition coefficient (Wildman–Crippen LogP) is 4.11. The van der Waals surface area contributed by atoms with Crippen LogP contribution in [0.1, 0.15) is 28.8 Å². The van der Waals surface area contributed by atoms with Gasteiger partial charge in [-0.25, -0.2) is 9.59 Å². The third kappa shape index (κ3) is 7.97. The van der Waals surface area contributed by atoms with Crippen LogP contribution >= 0.6 is 0 Å². The van der Waals surface area contributed by atoms with Gasteiger partial charge in [0.05, 0.1) is 18.7 Å². The smallest absolute Gasteiger partial charge is 0.407 e. The Kier molecular flexibility index (Phi) is 9.39. The lowest BCUT2D eigenvalue weighted by Gasteiger charge is -2.13. The second-order valence-corrected chi connectivity index (χ2v) is 7.88. The van der Waals surface area contributed by atoms with Gasteiger partial charge in [-0.3, -0.25) is 4.79 Å². The molecule has 3 aromatic rings. The molecule has 0 aliphatic heterocycles. The molecule has 0 bridgehead atoms. The average molecular weight is 476 g/mol. The van der Waals surface area contributed by atoms with Crippen LogP contribution in [0.2, 0.25) is 0 Å². The number of nitrogens with two attached hydrogens (primary N) is 1. The molecule has 8 nitrogen and oxygen atoms in total. The number of nitrogens with one attached hydrogen (secondary N) is 2. The standard InChI is InChI=1S/C27H29N3O5/c1-34-26(32)21-14-12-20(13-15-21)22-9-5-10-23(17-22)30-25(31)24(28)11-6-16-29-27(33)35-18-19-7-3-2-4-8-19/h2-5,7-10,12-15,17,24H,6,11,16,18,28H2,1H3,(H,29,33)(H,30,31)/t24-/m0/s1. The van der Waals surface area contributed by atoms with Crippen molar-refractivity contribution >= 4 is 23.7 Å². The first kappa shape index (κ1) is 25.5. The van der Waals surface area contributed by atoms with Crippen molar-refractivity contribution in [3.05, 3.63) is 90.0 Å². The molecule has 0 saturated carbocycles.